The maximum Gasteiger partial charge on any atom is 0.192 e. The highest BCUT2D eigenvalue weighted by molar-refractivity contribution is 6.74. The van der Waals surface area contributed by atoms with Gasteiger partial charge in [0.15, 0.2) is 8.32 Å². The van der Waals surface area contributed by atoms with Crippen LogP contribution in [0.15, 0.2) is 29.4 Å². The van der Waals surface area contributed by atoms with Gasteiger partial charge < -0.3 is 9.43 Å². The van der Waals surface area contributed by atoms with Gasteiger partial charge in [0.2, 0.25) is 0 Å². The molecule has 4 heteroatoms. The highest BCUT2D eigenvalue weighted by Gasteiger charge is 2.41. The minimum absolute atomic E-state index is 0.133. The van der Waals surface area contributed by atoms with Crippen LogP contribution < -0.4 is 0 Å². The fourth-order valence-corrected chi connectivity index (χ4v) is 3.44. The highest BCUT2D eigenvalue weighted by Crippen LogP contribution is 2.40. The van der Waals surface area contributed by atoms with E-state index in [0.717, 1.165) is 6.42 Å². The Morgan fingerprint density at radius 3 is 2.43 bits per heavy atom. The van der Waals surface area contributed by atoms with Gasteiger partial charge in [-0.15, -0.1) is 0 Å². The average molecular weight is 337 g/mol. The number of hydrogen-bond acceptors (Lipinski definition) is 3. The summed E-state index contributed by atoms with van der Waals surface area (Å²) in [5.74, 6) is 0.384. The van der Waals surface area contributed by atoms with Gasteiger partial charge in [-0.1, -0.05) is 45.1 Å². The number of nitrogens with zero attached hydrogens (tertiary/aromatic N) is 2. The molecule has 1 rings (SSSR count). The third-order valence-corrected chi connectivity index (χ3v) is 9.74. The van der Waals surface area contributed by atoms with Crippen LogP contribution in [-0.2, 0) is 4.43 Å². The Labute approximate surface area is 144 Å². The topological polar surface area (TPSA) is 24.8 Å². The van der Waals surface area contributed by atoms with Crippen molar-refractivity contribution in [3.63, 3.8) is 0 Å². The minimum Gasteiger partial charge on any atom is -0.416 e. The van der Waals surface area contributed by atoms with Crippen LogP contribution in [0.3, 0.4) is 0 Å². The van der Waals surface area contributed by atoms with Crippen molar-refractivity contribution in [2.75, 3.05) is 20.7 Å². The third-order valence-electron chi connectivity index (χ3n) is 5.26. The summed E-state index contributed by atoms with van der Waals surface area (Å²) in [7, 11) is 2.20. The van der Waals surface area contributed by atoms with Crippen LogP contribution in [0.1, 0.15) is 41.0 Å². The van der Waals surface area contributed by atoms with Crippen molar-refractivity contribution in [1.82, 2.24) is 5.01 Å². The zero-order valence-corrected chi connectivity index (χ0v) is 17.7. The molecule has 0 saturated heterocycles. The van der Waals surface area contributed by atoms with Crippen LogP contribution >= 0.6 is 0 Å². The molecular weight excluding hydrogens is 300 g/mol. The molecule has 0 amide bonds. The van der Waals surface area contributed by atoms with E-state index < -0.39 is 8.32 Å². The van der Waals surface area contributed by atoms with Gasteiger partial charge in [-0.25, -0.2) is 0 Å². The predicted molar refractivity (Wildman–Crippen MR) is 104 cm³/mol. The first-order chi connectivity index (χ1) is 10.3. The molecule has 0 aromatic rings. The summed E-state index contributed by atoms with van der Waals surface area (Å²) in [5.41, 5.74) is 2.25. The Balaban J connectivity index is 3.04. The van der Waals surface area contributed by atoms with Crippen molar-refractivity contribution < 1.29 is 4.43 Å². The molecule has 0 bridgehead atoms. The van der Waals surface area contributed by atoms with E-state index >= 15 is 0 Å². The Bertz CT molecular complexity index is 500. The SMILES string of the molecule is C=C(C)[C@@H]1C=C[C@](C)(CO[Si](C)(C)C(C)(C)C)/C(=N\N(C)C)C1. The monoisotopic (exact) mass is 336 g/mol. The Morgan fingerprint density at radius 2 is 2.00 bits per heavy atom. The normalized spacial score (nSPS) is 27.3. The van der Waals surface area contributed by atoms with Gasteiger partial charge in [-0.3, -0.25) is 0 Å². The standard InChI is InChI=1S/C19H36N2OSi/c1-15(2)16-11-12-19(6,17(13-16)20-21(7)8)14-22-23(9,10)18(3,4)5/h11-12,16H,1,13-14H2,2-10H3/b20-17-/t16-,19-/m1/s1. The lowest BCUT2D eigenvalue weighted by atomic mass is 9.74. The number of rotatable bonds is 5. The molecule has 0 N–H and O–H groups in total. The summed E-state index contributed by atoms with van der Waals surface area (Å²) < 4.78 is 6.51. The van der Waals surface area contributed by atoms with Crippen molar-refractivity contribution >= 4 is 14.0 Å². The van der Waals surface area contributed by atoms with Crippen molar-refractivity contribution in [1.29, 1.82) is 0 Å². The molecule has 3 nitrogen and oxygen atoms in total. The van der Waals surface area contributed by atoms with Gasteiger partial charge in [0.05, 0.1) is 5.71 Å². The first-order valence-electron chi connectivity index (χ1n) is 8.52. The Morgan fingerprint density at radius 1 is 1.43 bits per heavy atom. The fourth-order valence-electron chi connectivity index (χ4n) is 2.35. The third kappa shape index (κ3) is 5.05. The molecule has 0 heterocycles. The predicted octanol–water partition coefficient (Wildman–Crippen LogP) is 5.08. The molecular formula is C19H36N2OSi. The lowest BCUT2D eigenvalue weighted by Gasteiger charge is -2.41. The van der Waals surface area contributed by atoms with Crippen LogP contribution in [0.4, 0.5) is 0 Å². The fraction of sp³-hybridized carbons (Fsp3) is 0.737. The minimum atomic E-state index is -1.76. The molecule has 0 fully saturated rings. The number of hydrogen-bond donors (Lipinski definition) is 0. The number of hydrazone groups is 1. The molecule has 23 heavy (non-hydrogen) atoms. The van der Waals surface area contributed by atoms with E-state index in [2.05, 4.69) is 66.4 Å². The molecule has 0 saturated carbocycles. The van der Waals surface area contributed by atoms with Crippen LogP contribution in [-0.4, -0.2) is 39.7 Å². The first-order valence-corrected chi connectivity index (χ1v) is 11.4. The van der Waals surface area contributed by atoms with Crippen molar-refractivity contribution in [2.24, 2.45) is 16.4 Å². The summed E-state index contributed by atoms with van der Waals surface area (Å²) in [4.78, 5) is 0. The van der Waals surface area contributed by atoms with Crippen molar-refractivity contribution in [3.8, 4) is 0 Å². The summed E-state index contributed by atoms with van der Waals surface area (Å²) in [5, 5.41) is 6.90. The van der Waals surface area contributed by atoms with Gasteiger partial charge in [0.25, 0.3) is 0 Å². The average Bonchev–Trinajstić information content (AvgIpc) is 2.37. The van der Waals surface area contributed by atoms with Gasteiger partial charge in [-0.05, 0) is 38.4 Å². The van der Waals surface area contributed by atoms with Gasteiger partial charge >= 0.3 is 0 Å². The summed E-state index contributed by atoms with van der Waals surface area (Å²) in [6.45, 7) is 20.6. The molecule has 132 valence electrons. The second-order valence-corrected chi connectivity index (χ2v) is 13.7. The van der Waals surface area contributed by atoms with Crippen LogP contribution in [0.5, 0.6) is 0 Å². The van der Waals surface area contributed by atoms with E-state index in [1.54, 1.807) is 0 Å². The molecule has 1 aliphatic carbocycles. The summed E-state index contributed by atoms with van der Waals surface area (Å²) in [6.07, 6.45) is 5.50. The first kappa shape index (κ1) is 20.2. The second kappa shape index (κ2) is 6.94. The lowest BCUT2D eigenvalue weighted by Crippen LogP contribution is -2.46. The molecule has 1 aliphatic rings. The van der Waals surface area contributed by atoms with E-state index in [1.807, 2.05) is 19.1 Å². The van der Waals surface area contributed by atoms with Gasteiger partial charge in [-0.2, -0.15) is 5.10 Å². The van der Waals surface area contributed by atoms with E-state index in [4.69, 9.17) is 9.53 Å². The van der Waals surface area contributed by atoms with Crippen LogP contribution in [0.2, 0.25) is 18.1 Å². The van der Waals surface area contributed by atoms with Gasteiger partial charge in [0, 0.05) is 32.0 Å². The molecule has 0 aliphatic heterocycles. The maximum atomic E-state index is 6.51. The summed E-state index contributed by atoms with van der Waals surface area (Å²) >= 11 is 0. The molecule has 0 aromatic carbocycles. The smallest absolute Gasteiger partial charge is 0.192 e. The van der Waals surface area contributed by atoms with E-state index in [1.165, 1.54) is 11.3 Å². The quantitative estimate of drug-likeness (QED) is 0.397. The maximum absolute atomic E-state index is 6.51. The largest absolute Gasteiger partial charge is 0.416 e. The zero-order chi connectivity index (χ0) is 18.1. The van der Waals surface area contributed by atoms with E-state index in [0.29, 0.717) is 12.5 Å². The molecule has 2 atom stereocenters. The molecule has 0 spiro atoms. The molecule has 0 unspecified atom stereocenters. The molecule has 0 radical (unpaired) electrons. The Hall–Kier alpha value is -0.873. The van der Waals surface area contributed by atoms with Crippen molar-refractivity contribution in [2.45, 2.75) is 59.2 Å². The second-order valence-electron chi connectivity index (χ2n) is 8.88. The Kier molecular flexibility index (Phi) is 6.08. The van der Waals surface area contributed by atoms with E-state index in [9.17, 15) is 0 Å². The van der Waals surface area contributed by atoms with Gasteiger partial charge in [0.1, 0.15) is 0 Å². The zero-order valence-electron chi connectivity index (χ0n) is 16.7. The highest BCUT2D eigenvalue weighted by atomic mass is 28.4. The van der Waals surface area contributed by atoms with Crippen molar-refractivity contribution in [3.05, 3.63) is 24.3 Å². The summed E-state index contributed by atoms with van der Waals surface area (Å²) in [6, 6.07) is 0. The van der Waals surface area contributed by atoms with E-state index in [-0.39, 0.29) is 10.5 Å². The van der Waals surface area contributed by atoms with Crippen LogP contribution in [0.25, 0.3) is 0 Å². The molecule has 0 aromatic heterocycles. The number of allylic oxidation sites excluding steroid dienone is 2. The van der Waals surface area contributed by atoms with Crippen LogP contribution in [0, 0.1) is 11.3 Å². The lowest BCUT2D eigenvalue weighted by molar-refractivity contribution is 0.225.